The molecule has 6 nitrogen and oxygen atoms in total. The zero-order valence-corrected chi connectivity index (χ0v) is 17.9. The van der Waals surface area contributed by atoms with Crippen LogP contribution < -0.4 is 10.1 Å². The molecule has 1 heterocycles. The summed E-state index contributed by atoms with van der Waals surface area (Å²) in [5, 5.41) is 2.34. The van der Waals surface area contributed by atoms with Gasteiger partial charge in [0.05, 0.1) is 17.7 Å². The molecule has 0 fully saturated rings. The SMILES string of the molecule is COc1ccc(S(=O)(=O)N2Cc3ccccc3C[C@H]2C(=O)Nc2cc(F)ccc2F)cc1. The van der Waals surface area contributed by atoms with Gasteiger partial charge in [0.15, 0.2) is 0 Å². The number of carbonyl (C=O) groups is 1. The third-order valence-electron chi connectivity index (χ3n) is 5.36. The Morgan fingerprint density at radius 2 is 1.72 bits per heavy atom. The number of anilines is 1. The van der Waals surface area contributed by atoms with E-state index < -0.39 is 33.6 Å². The minimum Gasteiger partial charge on any atom is -0.497 e. The Hall–Kier alpha value is -3.30. The fourth-order valence-corrected chi connectivity index (χ4v) is 5.23. The molecule has 0 spiro atoms. The highest BCUT2D eigenvalue weighted by molar-refractivity contribution is 7.89. The van der Waals surface area contributed by atoms with Crippen LogP contribution in [0.15, 0.2) is 71.6 Å². The average Bonchev–Trinajstić information content (AvgIpc) is 2.80. The fourth-order valence-electron chi connectivity index (χ4n) is 3.67. The molecule has 1 N–H and O–H groups in total. The highest BCUT2D eigenvalue weighted by Gasteiger charge is 2.39. The smallest absolute Gasteiger partial charge is 0.244 e. The van der Waals surface area contributed by atoms with E-state index in [-0.39, 0.29) is 23.5 Å². The van der Waals surface area contributed by atoms with Gasteiger partial charge in [0.2, 0.25) is 15.9 Å². The number of hydrogen-bond donors (Lipinski definition) is 1. The zero-order chi connectivity index (χ0) is 22.9. The van der Waals surface area contributed by atoms with E-state index in [4.69, 9.17) is 4.74 Å². The fraction of sp³-hybridized carbons (Fsp3) is 0.174. The number of amides is 1. The second kappa shape index (κ2) is 8.68. The number of hydrogen-bond acceptors (Lipinski definition) is 4. The summed E-state index contributed by atoms with van der Waals surface area (Å²) in [4.78, 5) is 13.1. The second-order valence-electron chi connectivity index (χ2n) is 7.33. The van der Waals surface area contributed by atoms with Crippen molar-refractivity contribution in [1.29, 1.82) is 0 Å². The number of nitrogens with zero attached hydrogens (tertiary/aromatic N) is 1. The quantitative estimate of drug-likeness (QED) is 0.632. The van der Waals surface area contributed by atoms with Crippen molar-refractivity contribution in [3.8, 4) is 5.75 Å². The molecule has 1 atom stereocenters. The third kappa shape index (κ3) is 4.21. The first-order valence-corrected chi connectivity index (χ1v) is 11.2. The molecule has 32 heavy (non-hydrogen) atoms. The molecule has 0 bridgehead atoms. The maximum Gasteiger partial charge on any atom is 0.244 e. The summed E-state index contributed by atoms with van der Waals surface area (Å²) in [5.74, 6) is -1.80. The topological polar surface area (TPSA) is 75.7 Å². The molecule has 1 amide bonds. The number of methoxy groups -OCH3 is 1. The minimum absolute atomic E-state index is 0.00702. The van der Waals surface area contributed by atoms with Gasteiger partial charge in [-0.1, -0.05) is 24.3 Å². The van der Waals surface area contributed by atoms with Crippen molar-refractivity contribution in [3.63, 3.8) is 0 Å². The van der Waals surface area contributed by atoms with Crippen LogP contribution in [0.2, 0.25) is 0 Å². The lowest BCUT2D eigenvalue weighted by molar-refractivity contribution is -0.120. The Labute approximate surface area is 184 Å². The van der Waals surface area contributed by atoms with Crippen LogP contribution in [0.4, 0.5) is 14.5 Å². The molecule has 3 aromatic rings. The summed E-state index contributed by atoms with van der Waals surface area (Å²) in [6.45, 7) is -0.0335. The van der Waals surface area contributed by atoms with Gasteiger partial charge in [0, 0.05) is 12.6 Å². The van der Waals surface area contributed by atoms with Crippen molar-refractivity contribution in [3.05, 3.63) is 89.5 Å². The van der Waals surface area contributed by atoms with Crippen LogP contribution in [0.5, 0.6) is 5.75 Å². The summed E-state index contributed by atoms with van der Waals surface area (Å²) >= 11 is 0. The van der Waals surface area contributed by atoms with E-state index in [1.165, 1.54) is 31.4 Å². The minimum atomic E-state index is -4.09. The van der Waals surface area contributed by atoms with Crippen molar-refractivity contribution in [1.82, 2.24) is 4.31 Å². The van der Waals surface area contributed by atoms with E-state index in [1.54, 1.807) is 18.2 Å². The number of ether oxygens (including phenoxy) is 1. The van der Waals surface area contributed by atoms with Crippen LogP contribution in [0.1, 0.15) is 11.1 Å². The molecule has 4 rings (SSSR count). The maximum atomic E-state index is 14.1. The molecule has 0 aromatic heterocycles. The number of rotatable bonds is 5. The number of halogens is 2. The van der Waals surface area contributed by atoms with Gasteiger partial charge in [0.1, 0.15) is 23.4 Å². The molecule has 0 saturated carbocycles. The lowest BCUT2D eigenvalue weighted by Crippen LogP contribution is -2.50. The van der Waals surface area contributed by atoms with E-state index >= 15 is 0 Å². The third-order valence-corrected chi connectivity index (χ3v) is 7.23. The zero-order valence-electron chi connectivity index (χ0n) is 17.1. The lowest BCUT2D eigenvalue weighted by atomic mass is 9.95. The summed E-state index contributed by atoms with van der Waals surface area (Å²) in [6, 6.07) is 14.6. The van der Waals surface area contributed by atoms with Crippen molar-refractivity contribution >= 4 is 21.6 Å². The van der Waals surface area contributed by atoms with E-state index in [2.05, 4.69) is 5.32 Å². The monoisotopic (exact) mass is 458 g/mol. The highest BCUT2D eigenvalue weighted by Crippen LogP contribution is 2.30. The number of nitrogens with one attached hydrogen (secondary N) is 1. The molecular weight excluding hydrogens is 438 g/mol. The largest absolute Gasteiger partial charge is 0.497 e. The van der Waals surface area contributed by atoms with Gasteiger partial charge < -0.3 is 10.1 Å². The van der Waals surface area contributed by atoms with Crippen LogP contribution in [0, 0.1) is 11.6 Å². The second-order valence-corrected chi connectivity index (χ2v) is 9.22. The van der Waals surface area contributed by atoms with Crippen LogP contribution in [0.3, 0.4) is 0 Å². The normalized spacial score (nSPS) is 16.3. The van der Waals surface area contributed by atoms with E-state index in [9.17, 15) is 22.0 Å². The number of benzene rings is 3. The first-order valence-electron chi connectivity index (χ1n) is 9.78. The van der Waals surface area contributed by atoms with Crippen molar-refractivity contribution in [2.45, 2.75) is 23.9 Å². The average molecular weight is 458 g/mol. The van der Waals surface area contributed by atoms with Gasteiger partial charge >= 0.3 is 0 Å². The molecule has 0 radical (unpaired) electrons. The summed E-state index contributed by atoms with van der Waals surface area (Å²) in [6.07, 6.45) is 0.0916. The van der Waals surface area contributed by atoms with Gasteiger partial charge in [0.25, 0.3) is 0 Å². The van der Waals surface area contributed by atoms with Crippen LogP contribution in [-0.2, 0) is 27.8 Å². The highest BCUT2D eigenvalue weighted by atomic mass is 32.2. The summed E-state index contributed by atoms with van der Waals surface area (Å²) in [5.41, 5.74) is 1.23. The molecule has 166 valence electrons. The van der Waals surface area contributed by atoms with Gasteiger partial charge in [-0.05, 0) is 53.9 Å². The molecule has 0 aliphatic carbocycles. The van der Waals surface area contributed by atoms with Gasteiger partial charge in [-0.25, -0.2) is 17.2 Å². The maximum absolute atomic E-state index is 14.1. The predicted molar refractivity (Wildman–Crippen MR) is 115 cm³/mol. The predicted octanol–water partition coefficient (Wildman–Crippen LogP) is 3.73. The molecule has 0 unspecified atom stereocenters. The Bertz CT molecular complexity index is 1260. The molecule has 0 saturated heterocycles. The lowest BCUT2D eigenvalue weighted by Gasteiger charge is -2.35. The van der Waals surface area contributed by atoms with E-state index in [1.807, 2.05) is 6.07 Å². The van der Waals surface area contributed by atoms with Gasteiger partial charge in [-0.3, -0.25) is 4.79 Å². The molecule has 3 aromatic carbocycles. The first-order chi connectivity index (χ1) is 15.3. The molecule has 1 aliphatic rings. The molecular formula is C23H20F2N2O4S. The summed E-state index contributed by atoms with van der Waals surface area (Å²) < 4.78 is 60.7. The Morgan fingerprint density at radius 3 is 2.41 bits per heavy atom. The van der Waals surface area contributed by atoms with Crippen LogP contribution in [-0.4, -0.2) is 31.8 Å². The van der Waals surface area contributed by atoms with Crippen molar-refractivity contribution in [2.24, 2.45) is 0 Å². The Kier molecular flexibility index (Phi) is 5.94. The van der Waals surface area contributed by atoms with E-state index in [0.717, 1.165) is 33.6 Å². The van der Waals surface area contributed by atoms with Crippen molar-refractivity contribution < 1.29 is 26.7 Å². The number of fused-ring (bicyclic) bond motifs is 1. The Balaban J connectivity index is 1.72. The van der Waals surface area contributed by atoms with Crippen LogP contribution >= 0.6 is 0 Å². The van der Waals surface area contributed by atoms with Gasteiger partial charge in [-0.15, -0.1) is 0 Å². The number of sulfonamides is 1. The molecule has 1 aliphatic heterocycles. The van der Waals surface area contributed by atoms with Crippen molar-refractivity contribution in [2.75, 3.05) is 12.4 Å². The standard InChI is InChI=1S/C23H20F2N2O4S/c1-31-18-7-9-19(10-8-18)32(29,30)27-14-16-5-3-2-4-15(16)12-22(27)23(28)26-21-13-17(24)6-11-20(21)25/h2-11,13,22H,12,14H2,1H3,(H,26,28)/t22-/m0/s1. The summed E-state index contributed by atoms with van der Waals surface area (Å²) in [7, 11) is -2.62. The Morgan fingerprint density at radius 1 is 1.03 bits per heavy atom. The number of carbonyl (C=O) groups excluding carboxylic acids is 1. The van der Waals surface area contributed by atoms with E-state index in [0.29, 0.717) is 5.75 Å². The first kappa shape index (κ1) is 21.9. The van der Waals surface area contributed by atoms with Gasteiger partial charge in [-0.2, -0.15) is 4.31 Å². The molecule has 9 heteroatoms. The van der Waals surface area contributed by atoms with Crippen LogP contribution in [0.25, 0.3) is 0 Å².